The summed E-state index contributed by atoms with van der Waals surface area (Å²) in [6.07, 6.45) is 5.40. The highest BCUT2D eigenvalue weighted by atomic mass is 16.5. The van der Waals surface area contributed by atoms with Gasteiger partial charge in [0.25, 0.3) is 0 Å². The Morgan fingerprint density at radius 3 is 2.75 bits per heavy atom. The molecule has 0 bridgehead atoms. The highest BCUT2D eigenvalue weighted by Crippen LogP contribution is 2.18. The molecule has 0 radical (unpaired) electrons. The third kappa shape index (κ3) is 1.64. The van der Waals surface area contributed by atoms with Gasteiger partial charge in [-0.15, -0.1) is 0 Å². The van der Waals surface area contributed by atoms with Crippen LogP contribution in [0.2, 0.25) is 0 Å². The number of nitrogens with zero attached hydrogens (tertiary/aromatic N) is 1. The minimum atomic E-state index is -0.547. The number of carbonyl (C=O) groups excluding carboxylic acids is 1. The lowest BCUT2D eigenvalue weighted by Crippen LogP contribution is -2.27. The van der Waals surface area contributed by atoms with Crippen LogP contribution in [0.5, 0.6) is 0 Å². The molecular weight excluding hydrogens is 206 g/mol. The molecule has 1 aliphatic carbocycles. The van der Waals surface area contributed by atoms with Gasteiger partial charge in [0.2, 0.25) is 0 Å². The number of esters is 1. The van der Waals surface area contributed by atoms with E-state index >= 15 is 0 Å². The summed E-state index contributed by atoms with van der Waals surface area (Å²) in [5.74, 6) is -0.547. The number of rotatable bonds is 1. The number of carbonyl (C=O) groups is 1. The zero-order valence-corrected chi connectivity index (χ0v) is 9.58. The summed E-state index contributed by atoms with van der Waals surface area (Å²) >= 11 is 0. The van der Waals surface area contributed by atoms with Crippen molar-refractivity contribution in [1.82, 2.24) is 4.57 Å². The monoisotopic (exact) mass is 221 g/mol. The zero-order chi connectivity index (χ0) is 11.7. The minimum Gasteiger partial charge on any atom is -0.465 e. The van der Waals surface area contributed by atoms with E-state index in [1.807, 2.05) is 11.6 Å². The summed E-state index contributed by atoms with van der Waals surface area (Å²) in [5, 5.41) is 0. The Kier molecular flexibility index (Phi) is 2.81. The topological polar surface area (TPSA) is 48.3 Å². The summed E-state index contributed by atoms with van der Waals surface area (Å²) in [6.45, 7) is 0. The smallest absolute Gasteiger partial charge is 0.343 e. The fourth-order valence-corrected chi connectivity index (χ4v) is 2.27. The molecular formula is C12H15NO3. The molecule has 0 aliphatic heterocycles. The van der Waals surface area contributed by atoms with E-state index in [4.69, 9.17) is 0 Å². The Morgan fingerprint density at radius 1 is 1.38 bits per heavy atom. The highest BCUT2D eigenvalue weighted by Gasteiger charge is 2.20. The van der Waals surface area contributed by atoms with Crippen LogP contribution in [0.15, 0.2) is 11.0 Å². The number of aromatic nitrogens is 1. The molecule has 86 valence electrons. The lowest BCUT2D eigenvalue weighted by Gasteiger charge is -2.19. The molecule has 4 heteroatoms. The molecule has 0 spiro atoms. The highest BCUT2D eigenvalue weighted by molar-refractivity contribution is 5.89. The SMILES string of the molecule is COC(=O)c1cn(C)c2c(c1=O)CCCC2. The van der Waals surface area contributed by atoms with Crippen molar-refractivity contribution < 1.29 is 9.53 Å². The number of pyridine rings is 1. The maximum atomic E-state index is 12.1. The van der Waals surface area contributed by atoms with Gasteiger partial charge in [-0.1, -0.05) is 0 Å². The van der Waals surface area contributed by atoms with Gasteiger partial charge in [-0.05, 0) is 25.7 Å². The summed E-state index contributed by atoms with van der Waals surface area (Å²) < 4.78 is 6.49. The fourth-order valence-electron chi connectivity index (χ4n) is 2.27. The number of ether oxygens (including phenoxy) is 1. The number of methoxy groups -OCH3 is 1. The molecule has 0 atom stereocenters. The third-order valence-corrected chi connectivity index (χ3v) is 3.11. The van der Waals surface area contributed by atoms with Crippen LogP contribution < -0.4 is 5.43 Å². The quantitative estimate of drug-likeness (QED) is 0.666. The van der Waals surface area contributed by atoms with Gasteiger partial charge >= 0.3 is 5.97 Å². The van der Waals surface area contributed by atoms with Gasteiger partial charge in [-0.2, -0.15) is 0 Å². The lowest BCUT2D eigenvalue weighted by molar-refractivity contribution is 0.0598. The molecule has 1 aromatic rings. The van der Waals surface area contributed by atoms with E-state index in [0.29, 0.717) is 0 Å². The normalized spacial score (nSPS) is 14.4. The molecule has 0 N–H and O–H groups in total. The summed E-state index contributed by atoms with van der Waals surface area (Å²) in [6, 6.07) is 0. The van der Waals surface area contributed by atoms with Gasteiger partial charge < -0.3 is 9.30 Å². The molecule has 1 aliphatic rings. The van der Waals surface area contributed by atoms with Gasteiger partial charge in [0.15, 0.2) is 5.43 Å². The second-order valence-corrected chi connectivity index (χ2v) is 4.11. The van der Waals surface area contributed by atoms with Crippen molar-refractivity contribution in [2.24, 2.45) is 7.05 Å². The van der Waals surface area contributed by atoms with Crippen molar-refractivity contribution in [1.29, 1.82) is 0 Å². The molecule has 0 amide bonds. The van der Waals surface area contributed by atoms with E-state index in [-0.39, 0.29) is 11.0 Å². The van der Waals surface area contributed by atoms with Crippen LogP contribution in [-0.4, -0.2) is 17.6 Å². The van der Waals surface area contributed by atoms with Crippen LogP contribution in [0.25, 0.3) is 0 Å². The van der Waals surface area contributed by atoms with Crippen LogP contribution in [0.1, 0.15) is 34.5 Å². The van der Waals surface area contributed by atoms with E-state index in [1.54, 1.807) is 6.20 Å². The van der Waals surface area contributed by atoms with Gasteiger partial charge in [-0.25, -0.2) is 4.79 Å². The second kappa shape index (κ2) is 4.12. The molecule has 0 fully saturated rings. The Morgan fingerprint density at radius 2 is 2.06 bits per heavy atom. The first-order valence-corrected chi connectivity index (χ1v) is 5.45. The largest absolute Gasteiger partial charge is 0.465 e. The Balaban J connectivity index is 2.63. The molecule has 16 heavy (non-hydrogen) atoms. The molecule has 1 heterocycles. The lowest BCUT2D eigenvalue weighted by atomic mass is 9.94. The van der Waals surface area contributed by atoms with Crippen LogP contribution in [0.4, 0.5) is 0 Å². The van der Waals surface area contributed by atoms with Crippen molar-refractivity contribution >= 4 is 5.97 Å². The van der Waals surface area contributed by atoms with Crippen LogP contribution in [-0.2, 0) is 24.6 Å². The summed E-state index contributed by atoms with van der Waals surface area (Å²) in [7, 11) is 3.16. The molecule has 0 aromatic carbocycles. The molecule has 4 nitrogen and oxygen atoms in total. The fraction of sp³-hybridized carbons (Fsp3) is 0.500. The van der Waals surface area contributed by atoms with E-state index in [1.165, 1.54) is 7.11 Å². The average Bonchev–Trinajstić information content (AvgIpc) is 2.33. The number of hydrogen-bond donors (Lipinski definition) is 0. The Hall–Kier alpha value is -1.58. The van der Waals surface area contributed by atoms with Crippen molar-refractivity contribution in [2.75, 3.05) is 7.11 Å². The van der Waals surface area contributed by atoms with Crippen LogP contribution in [0, 0.1) is 0 Å². The maximum Gasteiger partial charge on any atom is 0.343 e. The predicted molar refractivity (Wildman–Crippen MR) is 59.7 cm³/mol. The van der Waals surface area contributed by atoms with Crippen LogP contribution >= 0.6 is 0 Å². The molecule has 2 rings (SSSR count). The number of fused-ring (bicyclic) bond motifs is 1. The minimum absolute atomic E-state index is 0.144. The molecule has 0 unspecified atom stereocenters. The second-order valence-electron chi connectivity index (χ2n) is 4.11. The Labute approximate surface area is 93.8 Å². The first kappa shape index (κ1) is 10.9. The van der Waals surface area contributed by atoms with E-state index in [2.05, 4.69) is 4.74 Å². The standard InChI is InChI=1S/C12H15NO3/c1-13-7-9(12(15)16-2)11(14)8-5-3-4-6-10(8)13/h7H,3-6H2,1-2H3. The van der Waals surface area contributed by atoms with E-state index in [9.17, 15) is 9.59 Å². The van der Waals surface area contributed by atoms with Crippen molar-refractivity contribution in [3.05, 3.63) is 33.2 Å². The predicted octanol–water partition coefficient (Wildman–Crippen LogP) is 1.05. The first-order chi connectivity index (χ1) is 7.65. The van der Waals surface area contributed by atoms with Gasteiger partial charge in [0.05, 0.1) is 7.11 Å². The molecule has 0 saturated heterocycles. The van der Waals surface area contributed by atoms with Crippen molar-refractivity contribution in [2.45, 2.75) is 25.7 Å². The van der Waals surface area contributed by atoms with E-state index < -0.39 is 5.97 Å². The zero-order valence-electron chi connectivity index (χ0n) is 9.58. The van der Waals surface area contributed by atoms with Crippen molar-refractivity contribution in [3.63, 3.8) is 0 Å². The van der Waals surface area contributed by atoms with Crippen LogP contribution in [0.3, 0.4) is 0 Å². The molecule has 1 aromatic heterocycles. The maximum absolute atomic E-state index is 12.1. The molecule has 0 saturated carbocycles. The van der Waals surface area contributed by atoms with E-state index in [0.717, 1.165) is 36.9 Å². The Bertz CT molecular complexity index is 488. The van der Waals surface area contributed by atoms with Gasteiger partial charge in [-0.3, -0.25) is 4.79 Å². The number of hydrogen-bond acceptors (Lipinski definition) is 3. The average molecular weight is 221 g/mol. The third-order valence-electron chi connectivity index (χ3n) is 3.11. The number of aryl methyl sites for hydroxylation is 1. The summed E-state index contributed by atoms with van der Waals surface area (Å²) in [4.78, 5) is 23.5. The van der Waals surface area contributed by atoms with Gasteiger partial charge in [0.1, 0.15) is 5.56 Å². The van der Waals surface area contributed by atoms with Gasteiger partial charge in [0, 0.05) is 24.5 Å². The van der Waals surface area contributed by atoms with Crippen molar-refractivity contribution in [3.8, 4) is 0 Å². The summed E-state index contributed by atoms with van der Waals surface area (Å²) in [5.41, 5.74) is 1.84. The first-order valence-electron chi connectivity index (χ1n) is 5.45.